The Balaban J connectivity index is 2.31. The van der Waals surface area contributed by atoms with Crippen molar-refractivity contribution in [3.05, 3.63) is 36.0 Å². The van der Waals surface area contributed by atoms with E-state index >= 15 is 0 Å². The lowest BCUT2D eigenvalue weighted by Crippen LogP contribution is -2.37. The summed E-state index contributed by atoms with van der Waals surface area (Å²) in [6, 6.07) is 7.07. The number of fused-ring (bicyclic) bond motifs is 1. The molecule has 0 N–H and O–H groups in total. The molecule has 0 saturated heterocycles. The van der Waals surface area contributed by atoms with Crippen LogP contribution < -0.4 is 0 Å². The van der Waals surface area contributed by atoms with Crippen molar-refractivity contribution in [3.63, 3.8) is 0 Å². The van der Waals surface area contributed by atoms with Gasteiger partial charge in [-0.25, -0.2) is 4.79 Å². The molecule has 1 atom stereocenters. The van der Waals surface area contributed by atoms with Crippen LogP contribution in [-0.2, 0) is 16.6 Å². The van der Waals surface area contributed by atoms with E-state index in [0.717, 1.165) is 22.8 Å². The second-order valence-electron chi connectivity index (χ2n) is 6.42. The first-order valence-corrected chi connectivity index (χ1v) is 7.19. The van der Waals surface area contributed by atoms with Crippen LogP contribution in [0.2, 0.25) is 0 Å². The molecule has 1 amide bonds. The monoisotopic (exact) mass is 302 g/mol. The van der Waals surface area contributed by atoms with Crippen LogP contribution in [0.5, 0.6) is 0 Å². The highest BCUT2D eigenvalue weighted by atomic mass is 16.6. The molecule has 1 unspecified atom stereocenters. The van der Waals surface area contributed by atoms with Crippen molar-refractivity contribution in [3.8, 4) is 0 Å². The first-order valence-electron chi connectivity index (χ1n) is 7.19. The van der Waals surface area contributed by atoms with Crippen LogP contribution in [0.4, 0.5) is 4.79 Å². The molecule has 22 heavy (non-hydrogen) atoms. The van der Waals surface area contributed by atoms with Crippen molar-refractivity contribution in [2.24, 2.45) is 7.05 Å². The van der Waals surface area contributed by atoms with Crippen LogP contribution in [0.25, 0.3) is 10.9 Å². The first kappa shape index (κ1) is 16.1. The Morgan fingerprint density at radius 3 is 2.59 bits per heavy atom. The molecule has 0 aliphatic carbocycles. The van der Waals surface area contributed by atoms with Gasteiger partial charge in [0, 0.05) is 25.8 Å². The molecule has 118 valence electrons. The summed E-state index contributed by atoms with van der Waals surface area (Å²) in [5.74, 6) is 0. The molecular formula is C17H22N2O3. The second kappa shape index (κ2) is 5.83. The third kappa shape index (κ3) is 3.30. The zero-order valence-electron chi connectivity index (χ0n) is 13.7. The van der Waals surface area contributed by atoms with Crippen LogP contribution in [0, 0.1) is 0 Å². The number of carbonyl (C=O) groups is 2. The predicted molar refractivity (Wildman–Crippen MR) is 85.7 cm³/mol. The minimum atomic E-state index is -0.672. The highest BCUT2D eigenvalue weighted by Crippen LogP contribution is 2.24. The fraction of sp³-hybridized carbons (Fsp3) is 0.412. The number of aldehydes is 1. The van der Waals surface area contributed by atoms with E-state index < -0.39 is 17.7 Å². The van der Waals surface area contributed by atoms with Crippen LogP contribution in [0.3, 0.4) is 0 Å². The van der Waals surface area contributed by atoms with Crippen LogP contribution in [-0.4, -0.2) is 34.5 Å². The molecule has 1 heterocycles. The molecule has 1 aromatic heterocycles. The van der Waals surface area contributed by atoms with Crippen molar-refractivity contribution in [1.29, 1.82) is 0 Å². The van der Waals surface area contributed by atoms with Gasteiger partial charge in [0.1, 0.15) is 17.9 Å². The minimum Gasteiger partial charge on any atom is -0.444 e. The number of amides is 1. The van der Waals surface area contributed by atoms with E-state index in [-0.39, 0.29) is 0 Å². The SMILES string of the molecule is CN(C(=O)OC(C)(C)C)C(C=O)c1ccc2ccn(C)c2c1. The molecule has 1 aromatic carbocycles. The highest BCUT2D eigenvalue weighted by molar-refractivity contribution is 5.82. The van der Waals surface area contributed by atoms with Gasteiger partial charge in [-0.2, -0.15) is 0 Å². The van der Waals surface area contributed by atoms with E-state index in [4.69, 9.17) is 4.74 Å². The zero-order chi connectivity index (χ0) is 16.5. The van der Waals surface area contributed by atoms with Gasteiger partial charge in [-0.05, 0) is 43.9 Å². The number of carbonyl (C=O) groups excluding carboxylic acids is 2. The summed E-state index contributed by atoms with van der Waals surface area (Å²) in [5.41, 5.74) is 1.18. The predicted octanol–water partition coefficient (Wildman–Crippen LogP) is 3.29. The largest absolute Gasteiger partial charge is 0.444 e. The van der Waals surface area contributed by atoms with Gasteiger partial charge in [0.15, 0.2) is 0 Å². The minimum absolute atomic E-state index is 0.517. The van der Waals surface area contributed by atoms with Crippen molar-refractivity contribution >= 4 is 23.3 Å². The lowest BCUT2D eigenvalue weighted by molar-refractivity contribution is -0.112. The number of likely N-dealkylation sites (N-methyl/N-ethyl adjacent to an activating group) is 1. The van der Waals surface area contributed by atoms with Gasteiger partial charge in [-0.15, -0.1) is 0 Å². The highest BCUT2D eigenvalue weighted by Gasteiger charge is 2.26. The van der Waals surface area contributed by atoms with Gasteiger partial charge in [0.2, 0.25) is 0 Å². The average molecular weight is 302 g/mol. The van der Waals surface area contributed by atoms with Crippen molar-refractivity contribution in [2.45, 2.75) is 32.4 Å². The number of hydrogen-bond donors (Lipinski definition) is 0. The van der Waals surface area contributed by atoms with E-state index in [9.17, 15) is 9.59 Å². The third-order valence-corrected chi connectivity index (χ3v) is 3.48. The molecule has 0 saturated carbocycles. The Hall–Kier alpha value is -2.30. The summed E-state index contributed by atoms with van der Waals surface area (Å²) in [6.07, 6.45) is 2.20. The van der Waals surface area contributed by atoms with E-state index in [0.29, 0.717) is 0 Å². The Bertz CT molecular complexity index is 697. The van der Waals surface area contributed by atoms with E-state index in [1.807, 2.05) is 42.1 Å². The number of rotatable bonds is 3. The molecule has 0 aliphatic heterocycles. The molecule has 5 heteroatoms. The maximum atomic E-state index is 12.2. The van der Waals surface area contributed by atoms with Gasteiger partial charge in [0.25, 0.3) is 0 Å². The molecule has 5 nitrogen and oxygen atoms in total. The smallest absolute Gasteiger partial charge is 0.410 e. The summed E-state index contributed by atoms with van der Waals surface area (Å²) in [5, 5.41) is 1.09. The van der Waals surface area contributed by atoms with Gasteiger partial charge in [-0.3, -0.25) is 4.90 Å². The number of aromatic nitrogens is 1. The maximum absolute atomic E-state index is 12.2. The molecule has 0 aliphatic rings. The topological polar surface area (TPSA) is 51.5 Å². The van der Waals surface area contributed by atoms with Crippen molar-refractivity contribution in [2.75, 3.05) is 7.05 Å². The quantitative estimate of drug-likeness (QED) is 0.818. The molecular weight excluding hydrogens is 280 g/mol. The summed E-state index contributed by atoms with van der Waals surface area (Å²) in [4.78, 5) is 25.0. The second-order valence-corrected chi connectivity index (χ2v) is 6.42. The van der Waals surface area contributed by atoms with Crippen LogP contribution in [0.1, 0.15) is 32.4 Å². The number of benzene rings is 1. The standard InChI is InChI=1S/C17H22N2O3/c1-17(2,3)22-16(21)19(5)15(11-20)13-7-6-12-8-9-18(4)14(12)10-13/h6-11,15H,1-5H3. The number of aryl methyl sites for hydroxylation is 1. The molecule has 0 spiro atoms. The first-order chi connectivity index (χ1) is 10.2. The number of ether oxygens (including phenoxy) is 1. The van der Waals surface area contributed by atoms with Crippen LogP contribution >= 0.6 is 0 Å². The van der Waals surface area contributed by atoms with Crippen molar-refractivity contribution < 1.29 is 14.3 Å². The average Bonchev–Trinajstić information content (AvgIpc) is 2.79. The molecule has 0 radical (unpaired) electrons. The summed E-state index contributed by atoms with van der Waals surface area (Å²) in [7, 11) is 3.52. The maximum Gasteiger partial charge on any atom is 0.410 e. The zero-order valence-corrected chi connectivity index (χ0v) is 13.7. The Morgan fingerprint density at radius 1 is 1.32 bits per heavy atom. The molecule has 0 fully saturated rings. The Kier molecular flexibility index (Phi) is 4.26. The fourth-order valence-corrected chi connectivity index (χ4v) is 2.30. The lowest BCUT2D eigenvalue weighted by atomic mass is 10.1. The fourth-order valence-electron chi connectivity index (χ4n) is 2.30. The summed E-state index contributed by atoms with van der Waals surface area (Å²) < 4.78 is 7.30. The Morgan fingerprint density at radius 2 is 2.00 bits per heavy atom. The van der Waals surface area contributed by atoms with Crippen molar-refractivity contribution in [1.82, 2.24) is 9.47 Å². The summed E-state index contributed by atoms with van der Waals surface area (Å²) in [6.45, 7) is 5.39. The van der Waals surface area contributed by atoms with Gasteiger partial charge in [0.05, 0.1) is 0 Å². The van der Waals surface area contributed by atoms with E-state index in [1.54, 1.807) is 27.8 Å². The van der Waals surface area contributed by atoms with Crippen LogP contribution in [0.15, 0.2) is 30.5 Å². The molecule has 2 aromatic rings. The number of hydrogen-bond acceptors (Lipinski definition) is 3. The molecule has 2 rings (SSSR count). The Labute approximate surface area is 130 Å². The van der Waals surface area contributed by atoms with Gasteiger partial charge in [-0.1, -0.05) is 12.1 Å². The van der Waals surface area contributed by atoms with Gasteiger partial charge < -0.3 is 14.1 Å². The van der Waals surface area contributed by atoms with E-state index in [1.165, 1.54) is 4.90 Å². The van der Waals surface area contributed by atoms with Gasteiger partial charge >= 0.3 is 6.09 Å². The normalized spacial score (nSPS) is 13.0. The summed E-state index contributed by atoms with van der Waals surface area (Å²) >= 11 is 0. The number of nitrogens with zero attached hydrogens (tertiary/aromatic N) is 2. The third-order valence-electron chi connectivity index (χ3n) is 3.48. The lowest BCUT2D eigenvalue weighted by Gasteiger charge is -2.28. The van der Waals surface area contributed by atoms with E-state index in [2.05, 4.69) is 0 Å². The molecule has 0 bridgehead atoms.